The summed E-state index contributed by atoms with van der Waals surface area (Å²) in [4.78, 5) is 0. The number of rotatable bonds is 3. The molecule has 1 aromatic carbocycles. The van der Waals surface area contributed by atoms with Gasteiger partial charge in [0.05, 0.1) is 12.7 Å². The van der Waals surface area contributed by atoms with Crippen molar-refractivity contribution in [3.63, 3.8) is 0 Å². The van der Waals surface area contributed by atoms with Gasteiger partial charge in [-0.2, -0.15) is 0 Å². The number of hydrogen-bond donors (Lipinski definition) is 1. The van der Waals surface area contributed by atoms with Gasteiger partial charge in [-0.05, 0) is 47.2 Å². The zero-order valence-corrected chi connectivity index (χ0v) is 10.9. The van der Waals surface area contributed by atoms with Crippen LogP contribution in [0.1, 0.15) is 6.42 Å². The van der Waals surface area contributed by atoms with E-state index in [1.165, 1.54) is 12.1 Å². The molecule has 0 bridgehead atoms. The summed E-state index contributed by atoms with van der Waals surface area (Å²) in [6.07, 6.45) is 1.07. The van der Waals surface area contributed by atoms with E-state index in [0.717, 1.165) is 28.8 Å². The second kappa shape index (κ2) is 5.79. The lowest BCUT2D eigenvalue weighted by molar-refractivity contribution is -0.133. The van der Waals surface area contributed by atoms with Gasteiger partial charge in [0.15, 0.2) is 0 Å². The standard InChI is InChI=1S/C11H13FINO2/c12-8-1-2-11(10(13)5-8)14-6-9-3-4-15-7-16-9/h1-2,5,9,14H,3-4,6-7H2. The second-order valence-corrected chi connectivity index (χ2v) is 4.77. The lowest BCUT2D eigenvalue weighted by atomic mass is 10.2. The highest BCUT2D eigenvalue weighted by Crippen LogP contribution is 2.19. The third kappa shape index (κ3) is 3.29. The lowest BCUT2D eigenvalue weighted by Gasteiger charge is -2.23. The maximum Gasteiger partial charge on any atom is 0.147 e. The lowest BCUT2D eigenvalue weighted by Crippen LogP contribution is -2.30. The summed E-state index contributed by atoms with van der Waals surface area (Å²) in [6.45, 7) is 1.84. The van der Waals surface area contributed by atoms with E-state index in [2.05, 4.69) is 27.9 Å². The first-order valence-electron chi connectivity index (χ1n) is 5.14. The van der Waals surface area contributed by atoms with Gasteiger partial charge >= 0.3 is 0 Å². The van der Waals surface area contributed by atoms with E-state index in [4.69, 9.17) is 9.47 Å². The molecule has 1 atom stereocenters. The Labute approximate surface area is 107 Å². The average molecular weight is 337 g/mol. The number of nitrogens with one attached hydrogen (secondary N) is 1. The molecule has 88 valence electrons. The van der Waals surface area contributed by atoms with Crippen LogP contribution in [0.15, 0.2) is 18.2 Å². The van der Waals surface area contributed by atoms with Crippen LogP contribution in [0.5, 0.6) is 0 Å². The summed E-state index contributed by atoms with van der Waals surface area (Å²) in [5, 5.41) is 3.26. The Kier molecular flexibility index (Phi) is 4.37. The monoisotopic (exact) mass is 337 g/mol. The molecule has 3 nitrogen and oxygen atoms in total. The fourth-order valence-corrected chi connectivity index (χ4v) is 2.19. The molecule has 1 heterocycles. The minimum absolute atomic E-state index is 0.176. The molecule has 0 aromatic heterocycles. The van der Waals surface area contributed by atoms with Crippen molar-refractivity contribution in [2.75, 3.05) is 25.3 Å². The van der Waals surface area contributed by atoms with E-state index in [0.29, 0.717) is 6.79 Å². The molecule has 16 heavy (non-hydrogen) atoms. The van der Waals surface area contributed by atoms with Crippen LogP contribution in [-0.2, 0) is 9.47 Å². The minimum Gasteiger partial charge on any atom is -0.382 e. The number of ether oxygens (including phenoxy) is 2. The van der Waals surface area contributed by atoms with Crippen LogP contribution in [0.2, 0.25) is 0 Å². The fraction of sp³-hybridized carbons (Fsp3) is 0.455. The zero-order valence-electron chi connectivity index (χ0n) is 8.71. The summed E-state index contributed by atoms with van der Waals surface area (Å²) < 4.78 is 24.2. The van der Waals surface area contributed by atoms with Crippen LogP contribution < -0.4 is 5.32 Å². The number of benzene rings is 1. The van der Waals surface area contributed by atoms with Crippen molar-refractivity contribution in [2.24, 2.45) is 0 Å². The molecular formula is C11H13FINO2. The van der Waals surface area contributed by atoms with Crippen molar-refractivity contribution >= 4 is 28.3 Å². The highest BCUT2D eigenvalue weighted by Gasteiger charge is 2.14. The molecule has 0 spiro atoms. The number of hydrogen-bond acceptors (Lipinski definition) is 3. The molecule has 5 heteroatoms. The molecule has 1 aliphatic heterocycles. The molecule has 2 rings (SSSR count). The highest BCUT2D eigenvalue weighted by atomic mass is 127. The summed E-state index contributed by atoms with van der Waals surface area (Å²) in [5.41, 5.74) is 0.942. The van der Waals surface area contributed by atoms with Crippen molar-refractivity contribution < 1.29 is 13.9 Å². The predicted octanol–water partition coefficient (Wildman–Crippen LogP) is 2.61. The summed E-state index contributed by atoms with van der Waals surface area (Å²) in [7, 11) is 0. The normalized spacial score (nSPS) is 20.8. The molecule has 0 saturated carbocycles. The first-order valence-corrected chi connectivity index (χ1v) is 6.22. The van der Waals surface area contributed by atoms with Crippen molar-refractivity contribution in [3.8, 4) is 0 Å². The van der Waals surface area contributed by atoms with Crippen LogP contribution in [-0.4, -0.2) is 26.0 Å². The Morgan fingerprint density at radius 3 is 3.06 bits per heavy atom. The van der Waals surface area contributed by atoms with Crippen LogP contribution in [0.4, 0.5) is 10.1 Å². The van der Waals surface area contributed by atoms with Gasteiger partial charge in [0.25, 0.3) is 0 Å². The Balaban J connectivity index is 1.88. The third-order valence-electron chi connectivity index (χ3n) is 2.42. The smallest absolute Gasteiger partial charge is 0.147 e. The van der Waals surface area contributed by atoms with Crippen molar-refractivity contribution in [1.82, 2.24) is 0 Å². The Morgan fingerprint density at radius 1 is 1.50 bits per heavy atom. The van der Waals surface area contributed by atoms with Gasteiger partial charge in [-0.3, -0.25) is 0 Å². The van der Waals surface area contributed by atoms with Crippen molar-refractivity contribution in [1.29, 1.82) is 0 Å². The Hall–Kier alpha value is -0.400. The van der Waals surface area contributed by atoms with Crippen LogP contribution in [0, 0.1) is 9.39 Å². The third-order valence-corrected chi connectivity index (χ3v) is 3.32. The van der Waals surface area contributed by atoms with Gasteiger partial charge in [0, 0.05) is 15.8 Å². The molecule has 1 fully saturated rings. The van der Waals surface area contributed by atoms with Gasteiger partial charge in [-0.15, -0.1) is 0 Å². The second-order valence-electron chi connectivity index (χ2n) is 3.61. The molecule has 1 N–H and O–H groups in total. The summed E-state index contributed by atoms with van der Waals surface area (Å²) in [6, 6.07) is 4.71. The number of anilines is 1. The van der Waals surface area contributed by atoms with E-state index in [9.17, 15) is 4.39 Å². The average Bonchev–Trinajstić information content (AvgIpc) is 2.29. The molecule has 1 aromatic rings. The van der Waals surface area contributed by atoms with Crippen LogP contribution >= 0.6 is 22.6 Å². The molecule has 1 aliphatic rings. The Bertz CT molecular complexity index is 356. The van der Waals surface area contributed by atoms with E-state index in [-0.39, 0.29) is 11.9 Å². The first-order chi connectivity index (χ1) is 7.75. The predicted molar refractivity (Wildman–Crippen MR) is 67.9 cm³/mol. The van der Waals surface area contributed by atoms with E-state index in [1.807, 2.05) is 0 Å². The van der Waals surface area contributed by atoms with Gasteiger partial charge < -0.3 is 14.8 Å². The largest absolute Gasteiger partial charge is 0.382 e. The van der Waals surface area contributed by atoms with Crippen LogP contribution in [0.25, 0.3) is 0 Å². The maximum atomic E-state index is 12.9. The SMILES string of the molecule is Fc1ccc(NCC2CCOCO2)c(I)c1. The summed E-state index contributed by atoms with van der Waals surface area (Å²) in [5.74, 6) is -0.211. The zero-order chi connectivity index (χ0) is 11.4. The van der Waals surface area contributed by atoms with Crippen LogP contribution in [0.3, 0.4) is 0 Å². The van der Waals surface area contributed by atoms with Gasteiger partial charge in [-0.1, -0.05) is 0 Å². The van der Waals surface area contributed by atoms with Gasteiger partial charge in [0.1, 0.15) is 12.6 Å². The topological polar surface area (TPSA) is 30.5 Å². The van der Waals surface area contributed by atoms with Gasteiger partial charge in [-0.25, -0.2) is 4.39 Å². The maximum absolute atomic E-state index is 12.9. The van der Waals surface area contributed by atoms with E-state index in [1.54, 1.807) is 6.07 Å². The van der Waals surface area contributed by atoms with E-state index < -0.39 is 0 Å². The minimum atomic E-state index is -0.211. The Morgan fingerprint density at radius 2 is 2.38 bits per heavy atom. The molecular weight excluding hydrogens is 324 g/mol. The molecule has 0 aliphatic carbocycles. The van der Waals surface area contributed by atoms with Crippen molar-refractivity contribution in [2.45, 2.75) is 12.5 Å². The van der Waals surface area contributed by atoms with E-state index >= 15 is 0 Å². The quantitative estimate of drug-likeness (QED) is 0.861. The highest BCUT2D eigenvalue weighted by molar-refractivity contribution is 14.1. The molecule has 0 radical (unpaired) electrons. The fourth-order valence-electron chi connectivity index (χ4n) is 1.52. The van der Waals surface area contributed by atoms with Crippen molar-refractivity contribution in [3.05, 3.63) is 27.6 Å². The van der Waals surface area contributed by atoms with Gasteiger partial charge in [0.2, 0.25) is 0 Å². The molecule has 1 unspecified atom stereocenters. The molecule has 0 amide bonds. The summed E-state index contributed by atoms with van der Waals surface area (Å²) >= 11 is 2.11. The first kappa shape index (κ1) is 12.1. The molecule has 1 saturated heterocycles. The number of halogens is 2.